The first-order valence-electron chi connectivity index (χ1n) is 13.9. The molecule has 6 rings (SSSR count). The molecule has 0 amide bonds. The van der Waals surface area contributed by atoms with Crippen LogP contribution in [-0.2, 0) is 33.2 Å². The molecule has 3 aromatic carbocycles. The third kappa shape index (κ3) is 6.46. The van der Waals surface area contributed by atoms with Crippen molar-refractivity contribution >= 4 is 17.9 Å². The number of ether oxygens (including phenoxy) is 7. The predicted molar refractivity (Wildman–Crippen MR) is 147 cm³/mol. The fraction of sp³-hybridized carbons (Fsp3) is 0.344. The van der Waals surface area contributed by atoms with Crippen molar-refractivity contribution in [2.45, 2.75) is 49.0 Å². The second kappa shape index (κ2) is 13.0. The quantitative estimate of drug-likeness (QED) is 0.291. The summed E-state index contributed by atoms with van der Waals surface area (Å²) in [4.78, 5) is 39.2. The van der Waals surface area contributed by atoms with E-state index in [-0.39, 0.29) is 30.9 Å². The Morgan fingerprint density at radius 2 is 1.21 bits per heavy atom. The van der Waals surface area contributed by atoms with Crippen LogP contribution < -0.4 is 0 Å². The summed E-state index contributed by atoms with van der Waals surface area (Å²) in [5.74, 6) is -2.02. The van der Waals surface area contributed by atoms with Crippen molar-refractivity contribution in [1.82, 2.24) is 0 Å². The molecule has 3 fully saturated rings. The number of benzene rings is 3. The number of aliphatic hydroxyl groups is 1. The van der Waals surface area contributed by atoms with Crippen LogP contribution in [0.5, 0.6) is 0 Å². The minimum absolute atomic E-state index is 0.0858. The molecule has 0 spiro atoms. The molecule has 3 aromatic rings. The van der Waals surface area contributed by atoms with E-state index < -0.39 is 66.9 Å². The van der Waals surface area contributed by atoms with Crippen molar-refractivity contribution in [3.8, 4) is 0 Å². The van der Waals surface area contributed by atoms with Gasteiger partial charge in [0.15, 0.2) is 18.5 Å². The van der Waals surface area contributed by atoms with Crippen LogP contribution in [0.25, 0.3) is 0 Å². The molecule has 2 bridgehead atoms. The Kier molecular flexibility index (Phi) is 8.77. The molecule has 0 aromatic heterocycles. The highest BCUT2D eigenvalue weighted by Crippen LogP contribution is 2.35. The third-order valence-electron chi connectivity index (χ3n) is 7.46. The van der Waals surface area contributed by atoms with Crippen LogP contribution in [0.15, 0.2) is 91.0 Å². The molecule has 0 radical (unpaired) electrons. The van der Waals surface area contributed by atoms with E-state index in [1.54, 1.807) is 91.0 Å². The molecule has 3 aliphatic heterocycles. The van der Waals surface area contributed by atoms with Crippen molar-refractivity contribution in [2.75, 3.05) is 19.8 Å². The van der Waals surface area contributed by atoms with Gasteiger partial charge in [-0.05, 0) is 36.4 Å². The van der Waals surface area contributed by atoms with Gasteiger partial charge < -0.3 is 38.3 Å². The van der Waals surface area contributed by atoms with Crippen molar-refractivity contribution in [3.05, 3.63) is 108 Å². The normalized spacial score (nSPS) is 29.5. The maximum Gasteiger partial charge on any atom is 0.338 e. The van der Waals surface area contributed by atoms with Gasteiger partial charge in [0.05, 0.1) is 29.9 Å². The van der Waals surface area contributed by atoms with Gasteiger partial charge in [0.2, 0.25) is 0 Å². The first-order chi connectivity index (χ1) is 21.0. The Morgan fingerprint density at radius 1 is 0.674 bits per heavy atom. The smallest absolute Gasteiger partial charge is 0.338 e. The summed E-state index contributed by atoms with van der Waals surface area (Å²) >= 11 is 0. The zero-order chi connectivity index (χ0) is 29.8. The van der Waals surface area contributed by atoms with Crippen molar-refractivity contribution in [1.29, 1.82) is 0 Å². The zero-order valence-electron chi connectivity index (χ0n) is 22.9. The first kappa shape index (κ1) is 29.0. The van der Waals surface area contributed by atoms with Crippen molar-refractivity contribution < 1.29 is 52.6 Å². The molecule has 8 atom stereocenters. The number of carbonyl (C=O) groups excluding carboxylic acids is 3. The van der Waals surface area contributed by atoms with Crippen LogP contribution in [0.3, 0.4) is 0 Å². The van der Waals surface area contributed by atoms with E-state index in [0.29, 0.717) is 5.56 Å². The average molecular weight is 591 g/mol. The number of carbonyl (C=O) groups is 3. The van der Waals surface area contributed by atoms with Gasteiger partial charge >= 0.3 is 17.9 Å². The second-order valence-electron chi connectivity index (χ2n) is 10.3. The first-order valence-corrected chi connectivity index (χ1v) is 13.9. The largest absolute Gasteiger partial charge is 0.459 e. The molecular formula is C32H30O11. The highest BCUT2D eigenvalue weighted by molar-refractivity contribution is 5.91. The molecule has 0 saturated carbocycles. The second-order valence-corrected chi connectivity index (χ2v) is 10.3. The molecule has 3 heterocycles. The molecule has 224 valence electrons. The van der Waals surface area contributed by atoms with Gasteiger partial charge in [-0.15, -0.1) is 0 Å². The molecule has 11 nitrogen and oxygen atoms in total. The fourth-order valence-corrected chi connectivity index (χ4v) is 5.27. The molecular weight excluding hydrogens is 560 g/mol. The molecule has 0 unspecified atom stereocenters. The SMILES string of the molecule is O=C(OC[C@H]1O[C@H](O[C@@H]2[C@H]3OC[C@H]2OC[C@@H]3O)[C@@H](OC(=O)c2ccccc2)[C@@H]1OC(=O)c1ccccc1)c1ccccc1. The number of hydrogen-bond donors (Lipinski definition) is 1. The number of fused-ring (bicyclic) bond motifs is 2. The molecule has 3 saturated heterocycles. The Balaban J connectivity index is 1.28. The Labute approximate surface area is 247 Å². The summed E-state index contributed by atoms with van der Waals surface area (Å²) in [6.07, 6.45) is -7.77. The van der Waals surface area contributed by atoms with Gasteiger partial charge in [-0.1, -0.05) is 54.6 Å². The van der Waals surface area contributed by atoms with E-state index in [2.05, 4.69) is 0 Å². The van der Waals surface area contributed by atoms with Crippen LogP contribution in [-0.4, -0.2) is 91.9 Å². The number of aliphatic hydroxyl groups excluding tert-OH is 1. The van der Waals surface area contributed by atoms with Crippen molar-refractivity contribution in [3.63, 3.8) is 0 Å². The van der Waals surface area contributed by atoms with Crippen LogP contribution in [0.4, 0.5) is 0 Å². The molecule has 43 heavy (non-hydrogen) atoms. The van der Waals surface area contributed by atoms with Gasteiger partial charge in [0.1, 0.15) is 37.1 Å². The van der Waals surface area contributed by atoms with Gasteiger partial charge in [0.25, 0.3) is 0 Å². The van der Waals surface area contributed by atoms with Crippen LogP contribution in [0, 0.1) is 0 Å². The van der Waals surface area contributed by atoms with Gasteiger partial charge in [0, 0.05) is 0 Å². The van der Waals surface area contributed by atoms with E-state index in [1.165, 1.54) is 0 Å². The van der Waals surface area contributed by atoms with E-state index in [1.807, 2.05) is 0 Å². The van der Waals surface area contributed by atoms with Gasteiger partial charge in [-0.2, -0.15) is 0 Å². The van der Waals surface area contributed by atoms with Crippen molar-refractivity contribution in [2.24, 2.45) is 0 Å². The summed E-state index contributed by atoms with van der Waals surface area (Å²) in [6, 6.07) is 25.0. The number of rotatable bonds is 9. The van der Waals surface area contributed by atoms with E-state index in [9.17, 15) is 19.5 Å². The van der Waals surface area contributed by atoms with Crippen LogP contribution >= 0.6 is 0 Å². The standard InChI is InChI=1S/C32H30O11/c33-22-16-37-23-17-38-25(22)26(23)43-32-28(42-31(36)21-14-8-3-9-15-21)27(41-30(35)20-12-6-2-7-13-20)24(40-32)18-39-29(34)19-10-4-1-5-11-19/h1-15,22-28,32-33H,16-18H2/t22-,23+,24+,25-,26-,27+,28-,32+/m0/s1. The predicted octanol–water partition coefficient (Wildman–Crippen LogP) is 2.56. The summed E-state index contributed by atoms with van der Waals surface area (Å²) in [6.45, 7) is -0.0620. The summed E-state index contributed by atoms with van der Waals surface area (Å²) in [5.41, 5.74) is 0.837. The highest BCUT2D eigenvalue weighted by Gasteiger charge is 2.55. The van der Waals surface area contributed by atoms with E-state index in [0.717, 1.165) is 0 Å². The summed E-state index contributed by atoms with van der Waals surface area (Å²) in [5, 5.41) is 10.4. The lowest BCUT2D eigenvalue weighted by molar-refractivity contribution is -0.239. The van der Waals surface area contributed by atoms with E-state index >= 15 is 0 Å². The third-order valence-corrected chi connectivity index (χ3v) is 7.46. The van der Waals surface area contributed by atoms with Crippen LogP contribution in [0.1, 0.15) is 31.1 Å². The monoisotopic (exact) mass is 590 g/mol. The Bertz CT molecular complexity index is 1400. The lowest BCUT2D eigenvalue weighted by Crippen LogP contribution is -2.52. The highest BCUT2D eigenvalue weighted by atomic mass is 16.8. The number of esters is 3. The zero-order valence-corrected chi connectivity index (χ0v) is 22.9. The molecule has 11 heteroatoms. The summed E-state index contributed by atoms with van der Waals surface area (Å²) in [7, 11) is 0. The van der Waals surface area contributed by atoms with Gasteiger partial charge in [-0.25, -0.2) is 14.4 Å². The Morgan fingerprint density at radius 3 is 1.79 bits per heavy atom. The fourth-order valence-electron chi connectivity index (χ4n) is 5.27. The minimum atomic E-state index is -1.28. The lowest BCUT2D eigenvalue weighted by Gasteiger charge is -2.34. The lowest BCUT2D eigenvalue weighted by atomic mass is 10.0. The minimum Gasteiger partial charge on any atom is -0.459 e. The molecule has 1 N–H and O–H groups in total. The average Bonchev–Trinajstić information content (AvgIpc) is 3.52. The maximum atomic E-state index is 13.2. The topological polar surface area (TPSA) is 136 Å². The number of hydrogen-bond acceptors (Lipinski definition) is 11. The van der Waals surface area contributed by atoms with Gasteiger partial charge in [-0.3, -0.25) is 0 Å². The summed E-state index contributed by atoms with van der Waals surface area (Å²) < 4.78 is 41.1. The molecule has 0 aliphatic carbocycles. The Hall–Kier alpha value is -4.13. The maximum absolute atomic E-state index is 13.2. The molecule has 3 aliphatic rings. The van der Waals surface area contributed by atoms with E-state index in [4.69, 9.17) is 33.2 Å². The van der Waals surface area contributed by atoms with Crippen LogP contribution in [0.2, 0.25) is 0 Å².